The first-order chi connectivity index (χ1) is 13.2. The van der Waals surface area contributed by atoms with Crippen molar-refractivity contribution in [3.63, 3.8) is 0 Å². The van der Waals surface area contributed by atoms with E-state index in [9.17, 15) is 4.79 Å². The van der Waals surface area contributed by atoms with Crippen molar-refractivity contribution in [2.75, 3.05) is 6.54 Å². The topological polar surface area (TPSA) is 98.2 Å². The van der Waals surface area contributed by atoms with Crippen LogP contribution in [-0.2, 0) is 6.54 Å². The Morgan fingerprint density at radius 3 is 2.59 bits per heavy atom. The second-order valence-electron chi connectivity index (χ2n) is 7.51. The van der Waals surface area contributed by atoms with Gasteiger partial charge >= 0.3 is 0 Å². The Hall–Kier alpha value is -2.77. The second kappa shape index (κ2) is 6.14. The zero-order chi connectivity index (χ0) is 18.5. The largest absolute Gasteiger partial charge is 0.335 e. The lowest BCUT2D eigenvalue weighted by Gasteiger charge is -2.20. The SMILES string of the molecule is CCN(Cc1nonc1C)C(=O)c1cc(C2CC2)nc2onc(C3CC3)c12. The number of amides is 1. The van der Waals surface area contributed by atoms with Crippen molar-refractivity contribution < 1.29 is 13.9 Å². The van der Waals surface area contributed by atoms with Crippen LogP contribution in [-0.4, -0.2) is 37.8 Å². The fraction of sp³-hybridized carbons (Fsp3) is 0.526. The summed E-state index contributed by atoms with van der Waals surface area (Å²) in [5, 5.41) is 12.8. The number of fused-ring (bicyclic) bond motifs is 1. The summed E-state index contributed by atoms with van der Waals surface area (Å²) >= 11 is 0. The summed E-state index contributed by atoms with van der Waals surface area (Å²) in [5.41, 5.74) is 4.30. The van der Waals surface area contributed by atoms with Crippen LogP contribution in [0.5, 0.6) is 0 Å². The van der Waals surface area contributed by atoms with Crippen LogP contribution in [0.3, 0.4) is 0 Å². The maximum absolute atomic E-state index is 13.5. The number of hydrogen-bond donors (Lipinski definition) is 0. The number of pyridine rings is 1. The van der Waals surface area contributed by atoms with Gasteiger partial charge in [-0.1, -0.05) is 15.5 Å². The van der Waals surface area contributed by atoms with Gasteiger partial charge in [0, 0.05) is 24.1 Å². The molecular formula is C19H21N5O3. The van der Waals surface area contributed by atoms with E-state index < -0.39 is 0 Å². The van der Waals surface area contributed by atoms with E-state index in [1.54, 1.807) is 4.90 Å². The monoisotopic (exact) mass is 367 g/mol. The third kappa shape index (κ3) is 2.89. The van der Waals surface area contributed by atoms with Gasteiger partial charge in [-0.25, -0.2) is 9.61 Å². The summed E-state index contributed by atoms with van der Waals surface area (Å²) in [5.74, 6) is 0.746. The summed E-state index contributed by atoms with van der Waals surface area (Å²) < 4.78 is 10.3. The van der Waals surface area contributed by atoms with Crippen LogP contribution in [0.4, 0.5) is 0 Å². The van der Waals surface area contributed by atoms with Crippen molar-refractivity contribution in [1.82, 2.24) is 25.4 Å². The molecule has 5 rings (SSSR count). The van der Waals surface area contributed by atoms with Gasteiger partial charge in [-0.3, -0.25) is 4.79 Å². The smallest absolute Gasteiger partial charge is 0.259 e. The van der Waals surface area contributed by atoms with E-state index in [0.29, 0.717) is 47.6 Å². The third-order valence-corrected chi connectivity index (χ3v) is 5.44. The van der Waals surface area contributed by atoms with E-state index in [1.807, 2.05) is 19.9 Å². The van der Waals surface area contributed by atoms with Crippen molar-refractivity contribution in [2.24, 2.45) is 0 Å². The summed E-state index contributed by atoms with van der Waals surface area (Å²) in [6, 6.07) is 1.95. The first-order valence-corrected chi connectivity index (χ1v) is 9.53. The fourth-order valence-corrected chi connectivity index (χ4v) is 3.46. The van der Waals surface area contributed by atoms with Crippen LogP contribution in [0.2, 0.25) is 0 Å². The molecule has 8 heteroatoms. The molecule has 0 aliphatic heterocycles. The van der Waals surface area contributed by atoms with Crippen LogP contribution in [0, 0.1) is 6.92 Å². The van der Waals surface area contributed by atoms with E-state index in [1.165, 1.54) is 0 Å². The number of nitrogens with zero attached hydrogens (tertiary/aromatic N) is 5. The first kappa shape index (κ1) is 16.4. The molecule has 1 amide bonds. The van der Waals surface area contributed by atoms with E-state index in [-0.39, 0.29) is 5.91 Å². The van der Waals surface area contributed by atoms with Crippen molar-refractivity contribution in [3.8, 4) is 0 Å². The van der Waals surface area contributed by atoms with Crippen LogP contribution < -0.4 is 0 Å². The highest BCUT2D eigenvalue weighted by atomic mass is 16.6. The molecule has 0 spiro atoms. The maximum Gasteiger partial charge on any atom is 0.259 e. The zero-order valence-electron chi connectivity index (χ0n) is 15.4. The molecule has 3 aromatic heterocycles. The predicted molar refractivity (Wildman–Crippen MR) is 95.2 cm³/mol. The molecule has 2 fully saturated rings. The lowest BCUT2D eigenvalue weighted by molar-refractivity contribution is 0.0750. The molecule has 2 saturated carbocycles. The Kier molecular flexibility index (Phi) is 3.73. The first-order valence-electron chi connectivity index (χ1n) is 9.53. The fourth-order valence-electron chi connectivity index (χ4n) is 3.46. The summed E-state index contributed by atoms with van der Waals surface area (Å²) in [7, 11) is 0. The molecule has 8 nitrogen and oxygen atoms in total. The Bertz CT molecular complexity index is 1020. The number of rotatable bonds is 6. The average Bonchev–Trinajstić information content (AvgIpc) is 3.61. The predicted octanol–water partition coefficient (Wildman–Crippen LogP) is 3.33. The minimum Gasteiger partial charge on any atom is -0.335 e. The third-order valence-electron chi connectivity index (χ3n) is 5.44. The van der Waals surface area contributed by atoms with E-state index in [0.717, 1.165) is 42.5 Å². The minimum atomic E-state index is -0.0562. The number of carbonyl (C=O) groups is 1. The van der Waals surface area contributed by atoms with Gasteiger partial charge in [-0.2, -0.15) is 0 Å². The van der Waals surface area contributed by atoms with Crippen molar-refractivity contribution >= 4 is 17.0 Å². The van der Waals surface area contributed by atoms with Gasteiger partial charge in [-0.05, 0) is 45.6 Å². The lowest BCUT2D eigenvalue weighted by atomic mass is 10.0. The van der Waals surface area contributed by atoms with Crippen LogP contribution in [0.25, 0.3) is 11.1 Å². The Labute approximate surface area is 155 Å². The van der Waals surface area contributed by atoms with Crippen molar-refractivity contribution in [2.45, 2.75) is 57.9 Å². The molecule has 3 heterocycles. The number of hydrogen-bond acceptors (Lipinski definition) is 7. The molecule has 2 aliphatic rings. The van der Waals surface area contributed by atoms with Crippen LogP contribution >= 0.6 is 0 Å². The normalized spacial score (nSPS) is 16.8. The number of carbonyl (C=O) groups excluding carboxylic acids is 1. The van der Waals surface area contributed by atoms with Gasteiger partial charge < -0.3 is 9.42 Å². The lowest BCUT2D eigenvalue weighted by Crippen LogP contribution is -2.31. The van der Waals surface area contributed by atoms with Crippen LogP contribution in [0.1, 0.15) is 77.6 Å². The number of aryl methyl sites for hydroxylation is 1. The minimum absolute atomic E-state index is 0.0562. The van der Waals surface area contributed by atoms with Crippen molar-refractivity contribution in [3.05, 3.63) is 34.4 Å². The zero-order valence-corrected chi connectivity index (χ0v) is 15.4. The Balaban J connectivity index is 1.58. The Morgan fingerprint density at radius 1 is 1.19 bits per heavy atom. The van der Waals surface area contributed by atoms with E-state index in [2.05, 4.69) is 20.5 Å². The van der Waals surface area contributed by atoms with Crippen molar-refractivity contribution in [1.29, 1.82) is 0 Å². The highest BCUT2D eigenvalue weighted by Gasteiger charge is 2.35. The van der Waals surface area contributed by atoms with Gasteiger partial charge in [-0.15, -0.1) is 0 Å². The van der Waals surface area contributed by atoms with E-state index in [4.69, 9.17) is 9.15 Å². The van der Waals surface area contributed by atoms with Gasteiger partial charge in [0.2, 0.25) is 0 Å². The standard InChI is InChI=1S/C19H21N5O3/c1-3-24(9-15-10(2)21-27-22-15)19(25)13-8-14(11-4-5-11)20-18-16(13)17(23-26-18)12-6-7-12/h8,11-12H,3-7,9H2,1-2H3. The maximum atomic E-state index is 13.5. The highest BCUT2D eigenvalue weighted by molar-refractivity contribution is 6.06. The molecule has 2 aliphatic carbocycles. The molecule has 140 valence electrons. The molecule has 3 aromatic rings. The molecule has 27 heavy (non-hydrogen) atoms. The molecule has 0 radical (unpaired) electrons. The average molecular weight is 367 g/mol. The molecule has 0 bridgehead atoms. The molecule has 0 N–H and O–H groups in total. The molecule has 0 aromatic carbocycles. The van der Waals surface area contributed by atoms with Gasteiger partial charge in [0.25, 0.3) is 11.6 Å². The Morgan fingerprint density at radius 2 is 1.96 bits per heavy atom. The van der Waals surface area contributed by atoms with Gasteiger partial charge in [0.05, 0.1) is 23.2 Å². The summed E-state index contributed by atoms with van der Waals surface area (Å²) in [6.45, 7) is 4.69. The van der Waals surface area contributed by atoms with E-state index >= 15 is 0 Å². The molecule has 0 atom stereocenters. The summed E-state index contributed by atoms with van der Waals surface area (Å²) in [6.07, 6.45) is 4.38. The van der Waals surface area contributed by atoms with Crippen LogP contribution in [0.15, 0.2) is 15.2 Å². The number of aromatic nitrogens is 4. The molecular weight excluding hydrogens is 346 g/mol. The van der Waals surface area contributed by atoms with Gasteiger partial charge in [0.1, 0.15) is 11.4 Å². The summed E-state index contributed by atoms with van der Waals surface area (Å²) in [4.78, 5) is 19.9. The second-order valence-corrected chi connectivity index (χ2v) is 7.51. The van der Waals surface area contributed by atoms with Gasteiger partial charge in [0.15, 0.2) is 0 Å². The highest BCUT2D eigenvalue weighted by Crippen LogP contribution is 2.45. The molecule has 0 saturated heterocycles. The molecule has 0 unspecified atom stereocenters. The quantitative estimate of drug-likeness (QED) is 0.659.